The van der Waals surface area contributed by atoms with Gasteiger partial charge in [-0.15, -0.1) is 0 Å². The van der Waals surface area contributed by atoms with Gasteiger partial charge in [0.1, 0.15) is 0 Å². The van der Waals surface area contributed by atoms with E-state index in [0.717, 1.165) is 13.1 Å². The average molecular weight is 168 g/mol. The number of nitrogens with one attached hydrogen (secondary N) is 1. The molecule has 0 aliphatic heterocycles. The molecule has 0 saturated heterocycles. The van der Waals surface area contributed by atoms with Gasteiger partial charge in [0.15, 0.2) is 0 Å². The summed E-state index contributed by atoms with van der Waals surface area (Å²) >= 11 is 0. The first kappa shape index (κ1) is 9.29. The van der Waals surface area contributed by atoms with Crippen molar-refractivity contribution < 1.29 is 5.11 Å². The molecular weight excluding hydrogens is 152 g/mol. The molecule has 0 saturated carbocycles. The van der Waals surface area contributed by atoms with E-state index >= 15 is 0 Å². The first-order valence-corrected chi connectivity index (χ1v) is 4.34. The lowest BCUT2D eigenvalue weighted by atomic mass is 10.4. The van der Waals surface area contributed by atoms with Crippen molar-refractivity contribution in [2.24, 2.45) is 0 Å². The molecule has 0 atom stereocenters. The molecule has 2 N–H and O–H groups in total. The highest BCUT2D eigenvalue weighted by molar-refractivity contribution is 5.06. The minimum Gasteiger partial charge on any atom is -0.395 e. The molecule has 1 aromatic heterocycles. The third kappa shape index (κ3) is 2.36. The molecule has 0 aliphatic carbocycles. The van der Waals surface area contributed by atoms with Crippen LogP contribution in [0, 0.1) is 0 Å². The predicted molar refractivity (Wildman–Crippen MR) is 48.9 cm³/mol. The third-order valence-electron chi connectivity index (χ3n) is 1.86. The molecule has 68 valence electrons. The lowest BCUT2D eigenvalue weighted by Crippen LogP contribution is -2.19. The van der Waals surface area contributed by atoms with Crippen molar-refractivity contribution in [1.29, 1.82) is 0 Å². The molecule has 3 heteroatoms. The third-order valence-corrected chi connectivity index (χ3v) is 1.86. The fourth-order valence-corrected chi connectivity index (χ4v) is 1.21. The van der Waals surface area contributed by atoms with Gasteiger partial charge in [-0.1, -0.05) is 0 Å². The normalized spacial score (nSPS) is 10.5. The van der Waals surface area contributed by atoms with Crippen LogP contribution in [0.25, 0.3) is 0 Å². The molecule has 0 fully saturated rings. The van der Waals surface area contributed by atoms with Crippen molar-refractivity contribution in [3.63, 3.8) is 0 Å². The molecule has 3 nitrogen and oxygen atoms in total. The van der Waals surface area contributed by atoms with E-state index in [1.54, 1.807) is 0 Å². The molecule has 12 heavy (non-hydrogen) atoms. The highest BCUT2D eigenvalue weighted by atomic mass is 16.3. The van der Waals surface area contributed by atoms with Gasteiger partial charge in [0.05, 0.1) is 6.61 Å². The van der Waals surface area contributed by atoms with Gasteiger partial charge in [-0.25, -0.2) is 0 Å². The van der Waals surface area contributed by atoms with Gasteiger partial charge in [0.2, 0.25) is 0 Å². The van der Waals surface area contributed by atoms with E-state index in [0.29, 0.717) is 6.54 Å². The number of hydrogen-bond donors (Lipinski definition) is 2. The van der Waals surface area contributed by atoms with E-state index in [1.807, 2.05) is 6.07 Å². The van der Waals surface area contributed by atoms with Gasteiger partial charge in [0, 0.05) is 31.5 Å². The fourth-order valence-electron chi connectivity index (χ4n) is 1.21. The number of rotatable bonds is 5. The maximum atomic E-state index is 8.55. The Balaban J connectivity index is 2.39. The van der Waals surface area contributed by atoms with Gasteiger partial charge < -0.3 is 15.0 Å². The van der Waals surface area contributed by atoms with Crippen LogP contribution in [0.5, 0.6) is 0 Å². The zero-order chi connectivity index (χ0) is 8.81. The van der Waals surface area contributed by atoms with E-state index in [1.165, 1.54) is 5.69 Å². The van der Waals surface area contributed by atoms with Gasteiger partial charge in [-0.05, 0) is 19.1 Å². The van der Waals surface area contributed by atoms with Crippen LogP contribution in [-0.4, -0.2) is 22.8 Å². The molecule has 0 bridgehead atoms. The number of aryl methyl sites for hydroxylation is 1. The summed E-state index contributed by atoms with van der Waals surface area (Å²) in [6.07, 6.45) is 2.07. The van der Waals surface area contributed by atoms with Crippen LogP contribution in [0.3, 0.4) is 0 Å². The number of nitrogens with zero attached hydrogens (tertiary/aromatic N) is 1. The van der Waals surface area contributed by atoms with Crippen LogP contribution < -0.4 is 5.32 Å². The van der Waals surface area contributed by atoms with E-state index in [4.69, 9.17) is 5.11 Å². The summed E-state index contributed by atoms with van der Waals surface area (Å²) in [5, 5.41) is 11.7. The first-order valence-electron chi connectivity index (χ1n) is 4.34. The highest BCUT2D eigenvalue weighted by Gasteiger charge is 1.96. The lowest BCUT2D eigenvalue weighted by molar-refractivity contribution is 0.291. The lowest BCUT2D eigenvalue weighted by Gasteiger charge is -2.06. The summed E-state index contributed by atoms with van der Waals surface area (Å²) in [5.41, 5.74) is 1.27. The van der Waals surface area contributed by atoms with Gasteiger partial charge in [-0.2, -0.15) is 0 Å². The fraction of sp³-hybridized carbons (Fsp3) is 0.556. The Morgan fingerprint density at radius 3 is 3.08 bits per heavy atom. The van der Waals surface area contributed by atoms with Crippen LogP contribution in [0.15, 0.2) is 18.3 Å². The molecule has 0 aliphatic rings. The topological polar surface area (TPSA) is 37.2 Å². The predicted octanol–water partition coefficient (Wildman–Crippen LogP) is 0.590. The van der Waals surface area contributed by atoms with Crippen molar-refractivity contribution in [2.45, 2.75) is 20.0 Å². The van der Waals surface area contributed by atoms with Crippen LogP contribution in [0.4, 0.5) is 0 Å². The smallest absolute Gasteiger partial charge is 0.0556 e. The summed E-state index contributed by atoms with van der Waals surface area (Å²) in [6, 6.07) is 4.13. The Hall–Kier alpha value is -0.800. The largest absolute Gasteiger partial charge is 0.395 e. The minimum absolute atomic E-state index is 0.201. The molecular formula is C9H16N2O. The second-order valence-corrected chi connectivity index (χ2v) is 2.69. The quantitative estimate of drug-likeness (QED) is 0.631. The van der Waals surface area contributed by atoms with E-state index in [-0.39, 0.29) is 6.61 Å². The Labute approximate surface area is 73.0 Å². The van der Waals surface area contributed by atoms with Gasteiger partial charge in [0.25, 0.3) is 0 Å². The van der Waals surface area contributed by atoms with Crippen molar-refractivity contribution in [3.8, 4) is 0 Å². The number of aromatic nitrogens is 1. The molecule has 1 rings (SSSR count). The molecule has 1 aromatic rings. The van der Waals surface area contributed by atoms with E-state index in [9.17, 15) is 0 Å². The average Bonchev–Trinajstić information content (AvgIpc) is 2.52. The standard InChI is InChI=1S/C9H16N2O/c1-2-11-6-3-4-9(11)8-10-5-7-12/h3-4,6,10,12H,2,5,7-8H2,1H3. The second-order valence-electron chi connectivity index (χ2n) is 2.69. The molecule has 0 aromatic carbocycles. The van der Waals surface area contributed by atoms with Crippen molar-refractivity contribution in [2.75, 3.05) is 13.2 Å². The number of aliphatic hydroxyl groups excluding tert-OH is 1. The van der Waals surface area contributed by atoms with Crippen LogP contribution in [0.2, 0.25) is 0 Å². The Morgan fingerprint density at radius 2 is 2.42 bits per heavy atom. The van der Waals surface area contributed by atoms with Crippen LogP contribution in [-0.2, 0) is 13.1 Å². The number of hydrogen-bond acceptors (Lipinski definition) is 2. The summed E-state index contributed by atoms with van der Waals surface area (Å²) in [4.78, 5) is 0. The van der Waals surface area contributed by atoms with E-state index in [2.05, 4.69) is 29.1 Å². The monoisotopic (exact) mass is 168 g/mol. The molecule has 1 heterocycles. The second kappa shape index (κ2) is 4.95. The summed E-state index contributed by atoms with van der Waals surface area (Å²) in [6.45, 7) is 4.82. The molecule has 0 unspecified atom stereocenters. The van der Waals surface area contributed by atoms with Crippen molar-refractivity contribution in [3.05, 3.63) is 24.0 Å². The Morgan fingerprint density at radius 1 is 1.58 bits per heavy atom. The maximum absolute atomic E-state index is 8.55. The highest BCUT2D eigenvalue weighted by Crippen LogP contribution is 2.00. The van der Waals surface area contributed by atoms with Crippen molar-refractivity contribution in [1.82, 2.24) is 9.88 Å². The van der Waals surface area contributed by atoms with Gasteiger partial charge >= 0.3 is 0 Å². The Bertz CT molecular complexity index is 220. The van der Waals surface area contributed by atoms with Crippen LogP contribution in [0.1, 0.15) is 12.6 Å². The number of aliphatic hydroxyl groups is 1. The van der Waals surface area contributed by atoms with E-state index < -0.39 is 0 Å². The SMILES string of the molecule is CCn1cccc1CNCCO. The first-order chi connectivity index (χ1) is 5.88. The van der Waals surface area contributed by atoms with Crippen LogP contribution >= 0.6 is 0 Å². The minimum atomic E-state index is 0.201. The zero-order valence-electron chi connectivity index (χ0n) is 7.45. The zero-order valence-corrected chi connectivity index (χ0v) is 7.45. The summed E-state index contributed by atoms with van der Waals surface area (Å²) < 4.78 is 2.18. The molecule has 0 amide bonds. The molecule has 0 radical (unpaired) electrons. The molecule has 0 spiro atoms. The van der Waals surface area contributed by atoms with Crippen molar-refractivity contribution >= 4 is 0 Å². The summed E-state index contributed by atoms with van der Waals surface area (Å²) in [5.74, 6) is 0. The maximum Gasteiger partial charge on any atom is 0.0556 e. The van der Waals surface area contributed by atoms with Gasteiger partial charge in [-0.3, -0.25) is 0 Å². The Kier molecular flexibility index (Phi) is 3.84. The summed E-state index contributed by atoms with van der Waals surface area (Å²) in [7, 11) is 0.